The minimum absolute atomic E-state index is 0.0396. The number of rotatable bonds is 5. The van der Waals surface area contributed by atoms with Crippen molar-refractivity contribution in [1.29, 1.82) is 0 Å². The van der Waals surface area contributed by atoms with Crippen LogP contribution in [0.25, 0.3) is 0 Å². The molecule has 2 atom stereocenters. The van der Waals surface area contributed by atoms with Crippen LogP contribution >= 0.6 is 0 Å². The number of urea groups is 1. The lowest BCUT2D eigenvalue weighted by molar-refractivity contribution is -0.126. The first-order valence-corrected chi connectivity index (χ1v) is 7.39. The third kappa shape index (κ3) is 4.38. The molecule has 1 aliphatic heterocycles. The number of anilines is 1. The second-order valence-electron chi connectivity index (χ2n) is 5.58. The van der Waals surface area contributed by atoms with Crippen LogP contribution in [0.1, 0.15) is 37.0 Å². The van der Waals surface area contributed by atoms with Crippen molar-refractivity contribution in [2.45, 2.75) is 32.7 Å². The lowest BCUT2D eigenvalue weighted by Crippen LogP contribution is -2.57. The second kappa shape index (κ2) is 7.04. The van der Waals surface area contributed by atoms with Crippen molar-refractivity contribution < 1.29 is 19.2 Å². The van der Waals surface area contributed by atoms with Crippen LogP contribution in [-0.2, 0) is 9.59 Å². The van der Waals surface area contributed by atoms with E-state index >= 15 is 0 Å². The van der Waals surface area contributed by atoms with E-state index in [1.807, 2.05) is 0 Å². The summed E-state index contributed by atoms with van der Waals surface area (Å²) in [6.45, 7) is 3.21. The van der Waals surface area contributed by atoms with Crippen LogP contribution in [0.5, 0.6) is 0 Å². The summed E-state index contributed by atoms with van der Waals surface area (Å²) in [6.07, 6.45) is 0.497. The molecule has 0 bridgehead atoms. The van der Waals surface area contributed by atoms with Gasteiger partial charge < -0.3 is 10.6 Å². The zero-order valence-corrected chi connectivity index (χ0v) is 13.0. The maximum Gasteiger partial charge on any atom is 0.321 e. The molecule has 122 valence electrons. The van der Waals surface area contributed by atoms with Crippen LogP contribution in [0, 0.1) is 5.92 Å². The Morgan fingerprint density at radius 2 is 1.83 bits per heavy atom. The summed E-state index contributed by atoms with van der Waals surface area (Å²) < 4.78 is 0. The fraction of sp³-hybridized carbons (Fsp3) is 0.375. The number of benzene rings is 1. The van der Waals surface area contributed by atoms with E-state index in [4.69, 9.17) is 0 Å². The van der Waals surface area contributed by atoms with Crippen LogP contribution in [0.15, 0.2) is 24.3 Å². The largest absolute Gasteiger partial charge is 0.335 e. The summed E-state index contributed by atoms with van der Waals surface area (Å²) in [5.41, 5.74) is 1.17. The number of hydrogen-bond donors (Lipinski definition) is 3. The summed E-state index contributed by atoms with van der Waals surface area (Å²) in [5, 5.41) is 7.53. The van der Waals surface area contributed by atoms with Crippen molar-refractivity contribution in [2.75, 3.05) is 5.32 Å². The lowest BCUT2D eigenvalue weighted by atomic mass is 9.93. The first-order valence-electron chi connectivity index (χ1n) is 7.39. The fourth-order valence-corrected chi connectivity index (χ4v) is 2.45. The molecular formula is C16H19N3O4. The Bertz CT molecular complexity index is 639. The van der Waals surface area contributed by atoms with E-state index < -0.39 is 11.9 Å². The molecule has 1 aliphatic rings. The summed E-state index contributed by atoms with van der Waals surface area (Å²) in [6, 6.07) is 5.79. The molecule has 1 saturated heterocycles. The van der Waals surface area contributed by atoms with Gasteiger partial charge in [0.05, 0.1) is 5.92 Å². The van der Waals surface area contributed by atoms with Crippen molar-refractivity contribution in [3.05, 3.63) is 29.8 Å². The van der Waals surface area contributed by atoms with Gasteiger partial charge in [0.2, 0.25) is 11.8 Å². The summed E-state index contributed by atoms with van der Waals surface area (Å²) in [5.74, 6) is -1.06. The first-order chi connectivity index (χ1) is 10.9. The molecule has 7 heteroatoms. The molecule has 7 nitrogen and oxygen atoms in total. The topological polar surface area (TPSA) is 104 Å². The van der Waals surface area contributed by atoms with Crippen LogP contribution in [0.4, 0.5) is 10.5 Å². The maximum atomic E-state index is 12.0. The molecule has 23 heavy (non-hydrogen) atoms. The van der Waals surface area contributed by atoms with Crippen molar-refractivity contribution in [2.24, 2.45) is 5.92 Å². The predicted octanol–water partition coefficient (Wildman–Crippen LogP) is 1.45. The smallest absolute Gasteiger partial charge is 0.321 e. The number of ketones is 1. The van der Waals surface area contributed by atoms with Gasteiger partial charge in [-0.1, -0.05) is 0 Å². The first kappa shape index (κ1) is 16.7. The van der Waals surface area contributed by atoms with E-state index in [0.717, 1.165) is 0 Å². The SMILES string of the molecule is CC(=O)c1ccc(NC(=O)CCC2C(=O)NC(=O)NC2C)cc1. The average Bonchev–Trinajstić information content (AvgIpc) is 2.46. The van der Waals surface area contributed by atoms with E-state index in [1.165, 1.54) is 6.92 Å². The van der Waals surface area contributed by atoms with Crippen LogP contribution in [-0.4, -0.2) is 29.7 Å². The highest BCUT2D eigenvalue weighted by molar-refractivity contribution is 5.99. The molecule has 1 aromatic carbocycles. The monoisotopic (exact) mass is 317 g/mol. The number of nitrogens with one attached hydrogen (secondary N) is 3. The Labute approximate surface area is 133 Å². The zero-order chi connectivity index (χ0) is 17.0. The molecule has 0 aliphatic carbocycles. The van der Waals surface area contributed by atoms with Gasteiger partial charge in [-0.15, -0.1) is 0 Å². The second-order valence-corrected chi connectivity index (χ2v) is 5.58. The van der Waals surface area contributed by atoms with Crippen LogP contribution < -0.4 is 16.0 Å². The van der Waals surface area contributed by atoms with Gasteiger partial charge in [0, 0.05) is 23.7 Å². The molecule has 2 unspecified atom stereocenters. The van der Waals surface area contributed by atoms with Gasteiger partial charge in [-0.25, -0.2) is 4.79 Å². The van der Waals surface area contributed by atoms with E-state index in [-0.39, 0.29) is 30.1 Å². The summed E-state index contributed by atoms with van der Waals surface area (Å²) in [4.78, 5) is 46.0. The Kier molecular flexibility index (Phi) is 5.10. The van der Waals surface area contributed by atoms with E-state index in [2.05, 4.69) is 16.0 Å². The minimum atomic E-state index is -0.506. The van der Waals surface area contributed by atoms with Crippen LogP contribution in [0.2, 0.25) is 0 Å². The predicted molar refractivity (Wildman–Crippen MR) is 83.9 cm³/mol. The minimum Gasteiger partial charge on any atom is -0.335 e. The van der Waals surface area contributed by atoms with E-state index in [1.54, 1.807) is 31.2 Å². The van der Waals surface area contributed by atoms with Gasteiger partial charge in [-0.3, -0.25) is 19.7 Å². The maximum absolute atomic E-state index is 12.0. The fourth-order valence-electron chi connectivity index (χ4n) is 2.45. The van der Waals surface area contributed by atoms with Gasteiger partial charge >= 0.3 is 6.03 Å². The Morgan fingerprint density at radius 1 is 1.17 bits per heavy atom. The number of carbonyl (C=O) groups excluding carboxylic acids is 4. The van der Waals surface area contributed by atoms with Crippen molar-refractivity contribution in [3.8, 4) is 0 Å². The average molecular weight is 317 g/mol. The third-order valence-corrected chi connectivity index (χ3v) is 3.79. The molecule has 2 rings (SSSR count). The molecule has 0 spiro atoms. The highest BCUT2D eigenvalue weighted by atomic mass is 16.2. The number of imide groups is 1. The number of hydrogen-bond acceptors (Lipinski definition) is 4. The van der Waals surface area contributed by atoms with Crippen molar-refractivity contribution >= 4 is 29.3 Å². The molecule has 3 N–H and O–H groups in total. The van der Waals surface area contributed by atoms with Gasteiger partial charge in [0.15, 0.2) is 5.78 Å². The van der Waals surface area contributed by atoms with Crippen LogP contribution in [0.3, 0.4) is 0 Å². The Balaban J connectivity index is 1.86. The van der Waals surface area contributed by atoms with E-state index in [0.29, 0.717) is 17.7 Å². The highest BCUT2D eigenvalue weighted by Crippen LogP contribution is 2.16. The molecule has 0 aromatic heterocycles. The quantitative estimate of drug-likeness (QED) is 0.715. The molecule has 0 saturated carbocycles. The lowest BCUT2D eigenvalue weighted by Gasteiger charge is -2.28. The van der Waals surface area contributed by atoms with Gasteiger partial charge in [-0.2, -0.15) is 0 Å². The zero-order valence-electron chi connectivity index (χ0n) is 13.0. The van der Waals surface area contributed by atoms with Crippen molar-refractivity contribution in [3.63, 3.8) is 0 Å². The van der Waals surface area contributed by atoms with Crippen molar-refractivity contribution in [1.82, 2.24) is 10.6 Å². The molecule has 4 amide bonds. The third-order valence-electron chi connectivity index (χ3n) is 3.79. The molecule has 1 fully saturated rings. The van der Waals surface area contributed by atoms with E-state index in [9.17, 15) is 19.2 Å². The van der Waals surface area contributed by atoms with Gasteiger partial charge in [0.25, 0.3) is 0 Å². The number of carbonyl (C=O) groups is 4. The Morgan fingerprint density at radius 3 is 2.39 bits per heavy atom. The highest BCUT2D eigenvalue weighted by Gasteiger charge is 2.32. The number of Topliss-reactive ketones (excluding diaryl/α,β-unsaturated/α-hetero) is 1. The number of amides is 4. The summed E-state index contributed by atoms with van der Waals surface area (Å²) >= 11 is 0. The normalized spacial score (nSPS) is 20.4. The molecule has 0 radical (unpaired) electrons. The Hall–Kier alpha value is -2.70. The molecule has 1 aromatic rings. The molecular weight excluding hydrogens is 298 g/mol. The molecule has 1 heterocycles. The van der Waals surface area contributed by atoms with Gasteiger partial charge in [0.1, 0.15) is 0 Å². The van der Waals surface area contributed by atoms with Gasteiger partial charge in [-0.05, 0) is 44.5 Å². The standard InChI is InChI=1S/C16H19N3O4/c1-9-13(15(22)19-16(23)17-9)7-8-14(21)18-12-5-3-11(4-6-12)10(2)20/h3-6,9,13H,7-8H2,1-2H3,(H,18,21)(H2,17,19,22,23). The summed E-state index contributed by atoms with van der Waals surface area (Å²) in [7, 11) is 0.